The third kappa shape index (κ3) is 2.58. The zero-order chi connectivity index (χ0) is 12.4. The normalized spacial score (nSPS) is 10.8. The Bertz CT molecular complexity index is 537. The molecule has 0 unspecified atom stereocenters. The van der Waals surface area contributed by atoms with Gasteiger partial charge in [-0.1, -0.05) is 29.4 Å². The van der Waals surface area contributed by atoms with E-state index < -0.39 is 0 Å². The smallest absolute Gasteiger partial charge is 0.122 e. The van der Waals surface area contributed by atoms with Gasteiger partial charge >= 0.3 is 0 Å². The SMILES string of the molecule is CCn1nc(C)c(N)c1Sc1cccc(Cl)c1. The molecule has 2 N–H and O–H groups in total. The van der Waals surface area contributed by atoms with Gasteiger partial charge in [-0.3, -0.25) is 4.68 Å². The van der Waals surface area contributed by atoms with E-state index in [4.69, 9.17) is 17.3 Å². The van der Waals surface area contributed by atoms with Crippen molar-refractivity contribution in [2.45, 2.75) is 30.3 Å². The van der Waals surface area contributed by atoms with Crippen LogP contribution < -0.4 is 5.73 Å². The fraction of sp³-hybridized carbons (Fsp3) is 0.250. The molecule has 0 spiro atoms. The zero-order valence-electron chi connectivity index (χ0n) is 9.77. The summed E-state index contributed by atoms with van der Waals surface area (Å²) in [5.74, 6) is 0. The van der Waals surface area contributed by atoms with Crippen LogP contribution in [0, 0.1) is 6.92 Å². The number of rotatable bonds is 3. The lowest BCUT2D eigenvalue weighted by Gasteiger charge is -2.05. The molecule has 2 rings (SSSR count). The van der Waals surface area contributed by atoms with E-state index in [0.717, 1.165) is 32.9 Å². The molecule has 0 fully saturated rings. The number of nitrogens with zero attached hydrogens (tertiary/aromatic N) is 2. The second kappa shape index (κ2) is 5.02. The number of hydrogen-bond donors (Lipinski definition) is 1. The number of aromatic nitrogens is 2. The van der Waals surface area contributed by atoms with Crippen molar-refractivity contribution in [2.24, 2.45) is 0 Å². The molecule has 3 nitrogen and oxygen atoms in total. The molecule has 90 valence electrons. The van der Waals surface area contributed by atoms with Crippen molar-refractivity contribution in [3.05, 3.63) is 35.0 Å². The highest BCUT2D eigenvalue weighted by Crippen LogP contribution is 2.34. The van der Waals surface area contributed by atoms with Crippen molar-refractivity contribution in [1.29, 1.82) is 0 Å². The predicted molar refractivity (Wildman–Crippen MR) is 72.6 cm³/mol. The molecule has 17 heavy (non-hydrogen) atoms. The zero-order valence-corrected chi connectivity index (χ0v) is 11.3. The van der Waals surface area contributed by atoms with E-state index in [1.807, 2.05) is 42.8 Å². The predicted octanol–water partition coefficient (Wildman–Crippen LogP) is 3.60. The Morgan fingerprint density at radius 3 is 2.88 bits per heavy atom. The van der Waals surface area contributed by atoms with E-state index in [-0.39, 0.29) is 0 Å². The Morgan fingerprint density at radius 2 is 2.24 bits per heavy atom. The molecule has 0 saturated carbocycles. The highest BCUT2D eigenvalue weighted by atomic mass is 35.5. The van der Waals surface area contributed by atoms with Gasteiger partial charge in [0.15, 0.2) is 0 Å². The summed E-state index contributed by atoms with van der Waals surface area (Å²) in [7, 11) is 0. The van der Waals surface area contributed by atoms with Crippen molar-refractivity contribution >= 4 is 29.1 Å². The summed E-state index contributed by atoms with van der Waals surface area (Å²) in [6.07, 6.45) is 0. The molecule has 0 amide bonds. The summed E-state index contributed by atoms with van der Waals surface area (Å²) in [6.45, 7) is 4.78. The molecule has 0 aliphatic carbocycles. The molecule has 2 aromatic rings. The first-order valence-electron chi connectivity index (χ1n) is 5.38. The maximum absolute atomic E-state index is 6.03. The minimum absolute atomic E-state index is 0.729. The fourth-order valence-electron chi connectivity index (χ4n) is 1.54. The molecular weight excluding hydrogens is 254 g/mol. The van der Waals surface area contributed by atoms with Crippen molar-refractivity contribution in [2.75, 3.05) is 5.73 Å². The minimum Gasteiger partial charge on any atom is -0.395 e. The lowest BCUT2D eigenvalue weighted by molar-refractivity contribution is 0.602. The Balaban J connectivity index is 2.35. The average molecular weight is 268 g/mol. The number of anilines is 1. The minimum atomic E-state index is 0.729. The van der Waals surface area contributed by atoms with Crippen molar-refractivity contribution < 1.29 is 0 Å². The number of aryl methyl sites for hydroxylation is 2. The Labute approximate surface area is 110 Å². The first-order chi connectivity index (χ1) is 8.11. The van der Waals surface area contributed by atoms with Gasteiger partial charge in [-0.05, 0) is 32.0 Å². The quantitative estimate of drug-likeness (QED) is 0.924. The third-order valence-electron chi connectivity index (χ3n) is 2.44. The summed E-state index contributed by atoms with van der Waals surface area (Å²) in [5.41, 5.74) is 7.65. The van der Waals surface area contributed by atoms with E-state index in [9.17, 15) is 0 Å². The van der Waals surface area contributed by atoms with Gasteiger partial charge < -0.3 is 5.73 Å². The van der Waals surface area contributed by atoms with Crippen molar-refractivity contribution in [3.8, 4) is 0 Å². The van der Waals surface area contributed by atoms with Crippen LogP contribution in [0.2, 0.25) is 5.02 Å². The fourth-order valence-corrected chi connectivity index (χ4v) is 2.88. The van der Waals surface area contributed by atoms with Gasteiger partial charge in [-0.2, -0.15) is 5.10 Å². The van der Waals surface area contributed by atoms with Crippen LogP contribution in [0.25, 0.3) is 0 Å². The van der Waals surface area contributed by atoms with Crippen LogP contribution in [0.3, 0.4) is 0 Å². The average Bonchev–Trinajstić information content (AvgIpc) is 2.57. The number of benzene rings is 1. The van der Waals surface area contributed by atoms with E-state index in [2.05, 4.69) is 5.10 Å². The number of halogens is 1. The van der Waals surface area contributed by atoms with Gasteiger partial charge in [0.05, 0.1) is 11.4 Å². The topological polar surface area (TPSA) is 43.8 Å². The Hall–Kier alpha value is -1.13. The van der Waals surface area contributed by atoms with Gasteiger partial charge in [-0.25, -0.2) is 0 Å². The van der Waals surface area contributed by atoms with Crippen LogP contribution >= 0.6 is 23.4 Å². The van der Waals surface area contributed by atoms with E-state index in [1.54, 1.807) is 11.8 Å². The van der Waals surface area contributed by atoms with Gasteiger partial charge in [0, 0.05) is 16.5 Å². The van der Waals surface area contributed by atoms with E-state index >= 15 is 0 Å². The maximum atomic E-state index is 6.03. The highest BCUT2D eigenvalue weighted by Gasteiger charge is 2.12. The van der Waals surface area contributed by atoms with Crippen LogP contribution in [0.4, 0.5) is 5.69 Å². The van der Waals surface area contributed by atoms with Crippen LogP contribution in [-0.2, 0) is 6.54 Å². The van der Waals surface area contributed by atoms with Crippen LogP contribution in [-0.4, -0.2) is 9.78 Å². The van der Waals surface area contributed by atoms with Gasteiger partial charge in [0.1, 0.15) is 5.03 Å². The third-order valence-corrected chi connectivity index (χ3v) is 3.78. The first-order valence-corrected chi connectivity index (χ1v) is 6.57. The van der Waals surface area contributed by atoms with Crippen LogP contribution in [0.1, 0.15) is 12.6 Å². The lowest BCUT2D eigenvalue weighted by Crippen LogP contribution is -1.98. The number of nitrogens with two attached hydrogens (primary N) is 1. The molecule has 0 aliphatic rings. The highest BCUT2D eigenvalue weighted by molar-refractivity contribution is 7.99. The van der Waals surface area contributed by atoms with Crippen molar-refractivity contribution in [1.82, 2.24) is 9.78 Å². The standard InChI is InChI=1S/C12H14ClN3S/c1-3-16-12(11(14)8(2)15-16)17-10-6-4-5-9(13)7-10/h4-7H,3,14H2,1-2H3. The number of nitrogen functional groups attached to an aromatic ring is 1. The molecule has 1 aromatic carbocycles. The monoisotopic (exact) mass is 267 g/mol. The summed E-state index contributed by atoms with van der Waals surface area (Å²) in [6, 6.07) is 7.73. The molecule has 0 radical (unpaired) electrons. The molecule has 0 aliphatic heterocycles. The van der Waals surface area contributed by atoms with Gasteiger partial charge in [0.25, 0.3) is 0 Å². The lowest BCUT2D eigenvalue weighted by atomic mass is 10.4. The van der Waals surface area contributed by atoms with Crippen molar-refractivity contribution in [3.63, 3.8) is 0 Å². The molecule has 0 saturated heterocycles. The Kier molecular flexibility index (Phi) is 3.64. The molecule has 0 bridgehead atoms. The summed E-state index contributed by atoms with van der Waals surface area (Å²) in [4.78, 5) is 1.07. The van der Waals surface area contributed by atoms with Gasteiger partial charge in [0.2, 0.25) is 0 Å². The summed E-state index contributed by atoms with van der Waals surface area (Å²) < 4.78 is 1.91. The molecular formula is C12H14ClN3S. The largest absolute Gasteiger partial charge is 0.395 e. The van der Waals surface area contributed by atoms with Crippen LogP contribution in [0.5, 0.6) is 0 Å². The van der Waals surface area contributed by atoms with E-state index in [0.29, 0.717) is 0 Å². The van der Waals surface area contributed by atoms with Gasteiger partial charge in [-0.15, -0.1) is 0 Å². The molecule has 5 heteroatoms. The number of hydrogen-bond acceptors (Lipinski definition) is 3. The maximum Gasteiger partial charge on any atom is 0.122 e. The second-order valence-corrected chi connectivity index (χ2v) is 5.18. The molecule has 0 atom stereocenters. The van der Waals surface area contributed by atoms with Crippen LogP contribution in [0.15, 0.2) is 34.2 Å². The molecule has 1 heterocycles. The Morgan fingerprint density at radius 1 is 1.47 bits per heavy atom. The van der Waals surface area contributed by atoms with E-state index in [1.165, 1.54) is 0 Å². The summed E-state index contributed by atoms with van der Waals surface area (Å²) in [5, 5.41) is 6.09. The second-order valence-electron chi connectivity index (χ2n) is 3.68. The summed E-state index contributed by atoms with van der Waals surface area (Å²) >= 11 is 7.55. The molecule has 1 aromatic heterocycles. The first kappa shape index (κ1) is 12.3.